The minimum atomic E-state index is 0.717. The van der Waals surface area contributed by atoms with Gasteiger partial charge in [0.05, 0.1) is 0 Å². The van der Waals surface area contributed by atoms with E-state index in [1.54, 1.807) is 6.20 Å². The molecule has 0 saturated carbocycles. The van der Waals surface area contributed by atoms with Gasteiger partial charge in [0.1, 0.15) is 5.82 Å². The number of anilines is 1. The van der Waals surface area contributed by atoms with Crippen LogP contribution in [0.4, 0.5) is 5.82 Å². The second-order valence-electron chi connectivity index (χ2n) is 3.35. The van der Waals surface area contributed by atoms with Crippen molar-refractivity contribution in [2.75, 3.05) is 5.32 Å². The number of pyridine rings is 1. The van der Waals surface area contributed by atoms with Crippen molar-refractivity contribution in [2.24, 2.45) is 0 Å². The molecule has 0 aliphatic rings. The molecule has 0 aliphatic heterocycles. The summed E-state index contributed by atoms with van der Waals surface area (Å²) in [5.74, 6) is 0.850. The van der Waals surface area contributed by atoms with Gasteiger partial charge in [-0.15, -0.1) is 0 Å². The fourth-order valence-electron chi connectivity index (χ4n) is 1.32. The van der Waals surface area contributed by atoms with Gasteiger partial charge in [-0.1, -0.05) is 23.7 Å². The van der Waals surface area contributed by atoms with Gasteiger partial charge in [0.25, 0.3) is 0 Å². The molecule has 0 amide bonds. The highest BCUT2D eigenvalue weighted by Crippen LogP contribution is 2.13. The van der Waals surface area contributed by atoms with E-state index in [4.69, 9.17) is 11.6 Å². The SMILES string of the molecule is Clc1cccc(CNc2ccc(Br)cn2)c1. The molecule has 2 nitrogen and oxygen atoms in total. The van der Waals surface area contributed by atoms with Gasteiger partial charge in [-0.25, -0.2) is 4.98 Å². The molecular formula is C12H10BrClN2. The molecule has 16 heavy (non-hydrogen) atoms. The van der Waals surface area contributed by atoms with E-state index in [9.17, 15) is 0 Å². The highest BCUT2D eigenvalue weighted by molar-refractivity contribution is 9.10. The van der Waals surface area contributed by atoms with Gasteiger partial charge in [0.2, 0.25) is 0 Å². The number of hydrogen-bond acceptors (Lipinski definition) is 2. The fraction of sp³-hybridized carbons (Fsp3) is 0.0833. The third kappa shape index (κ3) is 3.22. The molecule has 1 heterocycles. The van der Waals surface area contributed by atoms with E-state index in [2.05, 4.69) is 26.2 Å². The minimum Gasteiger partial charge on any atom is -0.366 e. The molecule has 0 bridgehead atoms. The van der Waals surface area contributed by atoms with Crippen LogP contribution in [0, 0.1) is 0 Å². The van der Waals surface area contributed by atoms with Crippen molar-refractivity contribution in [2.45, 2.75) is 6.54 Å². The van der Waals surface area contributed by atoms with Gasteiger partial charge in [-0.05, 0) is 45.8 Å². The van der Waals surface area contributed by atoms with Gasteiger partial charge in [0.15, 0.2) is 0 Å². The second-order valence-corrected chi connectivity index (χ2v) is 4.70. The zero-order chi connectivity index (χ0) is 11.4. The average molecular weight is 298 g/mol. The number of rotatable bonds is 3. The molecule has 2 aromatic rings. The summed E-state index contributed by atoms with van der Waals surface area (Å²) in [7, 11) is 0. The highest BCUT2D eigenvalue weighted by Gasteiger charge is 1.96. The molecule has 1 aromatic heterocycles. The van der Waals surface area contributed by atoms with Crippen LogP contribution in [0.1, 0.15) is 5.56 Å². The summed E-state index contributed by atoms with van der Waals surface area (Å²) in [5.41, 5.74) is 1.14. The first-order valence-electron chi connectivity index (χ1n) is 4.84. The first kappa shape index (κ1) is 11.4. The molecule has 4 heteroatoms. The lowest BCUT2D eigenvalue weighted by atomic mass is 10.2. The third-order valence-electron chi connectivity index (χ3n) is 2.09. The molecule has 2 rings (SSSR count). The Morgan fingerprint density at radius 1 is 1.25 bits per heavy atom. The fourth-order valence-corrected chi connectivity index (χ4v) is 1.77. The molecule has 82 valence electrons. The molecule has 0 atom stereocenters. The van der Waals surface area contributed by atoms with Crippen molar-refractivity contribution in [3.63, 3.8) is 0 Å². The molecular weight excluding hydrogens is 288 g/mol. The van der Waals surface area contributed by atoms with E-state index < -0.39 is 0 Å². The Morgan fingerprint density at radius 2 is 2.12 bits per heavy atom. The van der Waals surface area contributed by atoms with E-state index in [-0.39, 0.29) is 0 Å². The van der Waals surface area contributed by atoms with Crippen LogP contribution < -0.4 is 5.32 Å². The number of nitrogens with zero attached hydrogens (tertiary/aromatic N) is 1. The van der Waals surface area contributed by atoms with Crippen molar-refractivity contribution in [1.29, 1.82) is 0 Å². The predicted molar refractivity (Wildman–Crippen MR) is 70.7 cm³/mol. The van der Waals surface area contributed by atoms with Crippen LogP contribution in [0.15, 0.2) is 47.1 Å². The van der Waals surface area contributed by atoms with Gasteiger partial charge >= 0.3 is 0 Å². The summed E-state index contributed by atoms with van der Waals surface area (Å²) in [6.45, 7) is 0.717. The van der Waals surface area contributed by atoms with Gasteiger partial charge in [-0.2, -0.15) is 0 Å². The lowest BCUT2D eigenvalue weighted by Crippen LogP contribution is -2.00. The molecule has 0 fully saturated rings. The van der Waals surface area contributed by atoms with E-state index in [0.29, 0.717) is 0 Å². The molecule has 1 aromatic carbocycles. The summed E-state index contributed by atoms with van der Waals surface area (Å²) < 4.78 is 0.973. The van der Waals surface area contributed by atoms with Crippen molar-refractivity contribution < 1.29 is 0 Å². The minimum absolute atomic E-state index is 0.717. The number of nitrogens with one attached hydrogen (secondary N) is 1. The summed E-state index contributed by atoms with van der Waals surface area (Å²) in [4.78, 5) is 4.22. The van der Waals surface area contributed by atoms with Crippen LogP contribution in [0.3, 0.4) is 0 Å². The molecule has 0 saturated heterocycles. The Labute approximate surface area is 108 Å². The van der Waals surface area contributed by atoms with Gasteiger partial charge < -0.3 is 5.32 Å². The van der Waals surface area contributed by atoms with Gasteiger partial charge in [-0.3, -0.25) is 0 Å². The van der Waals surface area contributed by atoms with Crippen LogP contribution in [0.5, 0.6) is 0 Å². The maximum atomic E-state index is 5.90. The summed E-state index contributed by atoms with van der Waals surface area (Å²) >= 11 is 9.24. The number of hydrogen-bond donors (Lipinski definition) is 1. The maximum Gasteiger partial charge on any atom is 0.126 e. The quantitative estimate of drug-likeness (QED) is 0.922. The zero-order valence-electron chi connectivity index (χ0n) is 8.45. The summed E-state index contributed by atoms with van der Waals surface area (Å²) in [6.07, 6.45) is 1.76. The Kier molecular flexibility index (Phi) is 3.80. The largest absolute Gasteiger partial charge is 0.366 e. The summed E-state index contributed by atoms with van der Waals surface area (Å²) in [6, 6.07) is 11.6. The van der Waals surface area contributed by atoms with Gasteiger partial charge in [0, 0.05) is 22.2 Å². The molecule has 0 unspecified atom stereocenters. The molecule has 0 radical (unpaired) electrons. The molecule has 0 spiro atoms. The number of aromatic nitrogens is 1. The molecule has 0 aliphatic carbocycles. The van der Waals surface area contributed by atoms with Crippen molar-refractivity contribution in [1.82, 2.24) is 4.98 Å². The third-order valence-corrected chi connectivity index (χ3v) is 2.79. The Hall–Kier alpha value is -1.06. The van der Waals surface area contributed by atoms with Crippen LogP contribution in [0.25, 0.3) is 0 Å². The smallest absolute Gasteiger partial charge is 0.126 e. The monoisotopic (exact) mass is 296 g/mol. The lowest BCUT2D eigenvalue weighted by molar-refractivity contribution is 1.11. The predicted octanol–water partition coefficient (Wildman–Crippen LogP) is 4.11. The van der Waals surface area contributed by atoms with Crippen LogP contribution in [-0.4, -0.2) is 4.98 Å². The first-order chi connectivity index (χ1) is 7.74. The highest BCUT2D eigenvalue weighted by atomic mass is 79.9. The van der Waals surface area contributed by atoms with Crippen molar-refractivity contribution in [3.05, 3.63) is 57.7 Å². The van der Waals surface area contributed by atoms with E-state index in [0.717, 1.165) is 27.4 Å². The van der Waals surface area contributed by atoms with Crippen molar-refractivity contribution >= 4 is 33.3 Å². The number of benzene rings is 1. The van der Waals surface area contributed by atoms with Crippen molar-refractivity contribution in [3.8, 4) is 0 Å². The maximum absolute atomic E-state index is 5.90. The Morgan fingerprint density at radius 3 is 2.81 bits per heavy atom. The lowest BCUT2D eigenvalue weighted by Gasteiger charge is -2.05. The Bertz CT molecular complexity index is 471. The van der Waals surface area contributed by atoms with Crippen LogP contribution in [-0.2, 0) is 6.54 Å². The standard InChI is InChI=1S/C12H10BrClN2/c13-10-4-5-12(16-8-10)15-7-9-2-1-3-11(14)6-9/h1-6,8H,7H2,(H,15,16). The molecule has 1 N–H and O–H groups in total. The topological polar surface area (TPSA) is 24.9 Å². The zero-order valence-corrected chi connectivity index (χ0v) is 10.8. The van der Waals surface area contributed by atoms with E-state index >= 15 is 0 Å². The number of halogens is 2. The average Bonchev–Trinajstić information content (AvgIpc) is 2.28. The van der Waals surface area contributed by atoms with Crippen LogP contribution in [0.2, 0.25) is 5.02 Å². The second kappa shape index (κ2) is 5.32. The first-order valence-corrected chi connectivity index (χ1v) is 6.01. The van der Waals surface area contributed by atoms with Crippen LogP contribution >= 0.6 is 27.5 Å². The van der Waals surface area contributed by atoms with E-state index in [1.165, 1.54) is 0 Å². The normalized spacial score (nSPS) is 10.1. The Balaban J connectivity index is 1.99. The van der Waals surface area contributed by atoms with E-state index in [1.807, 2.05) is 36.4 Å². The summed E-state index contributed by atoms with van der Waals surface area (Å²) in [5, 5.41) is 3.98.